The molecular weight excluding hydrogens is 337 g/mol. The van der Waals surface area contributed by atoms with Crippen molar-refractivity contribution in [2.45, 2.75) is 44.6 Å². The summed E-state index contributed by atoms with van der Waals surface area (Å²) < 4.78 is 1.17. The van der Waals surface area contributed by atoms with E-state index in [2.05, 4.69) is 22.6 Å². The van der Waals surface area contributed by atoms with Gasteiger partial charge in [-0.3, -0.25) is 4.79 Å². The number of rotatable bonds is 2. The van der Waals surface area contributed by atoms with Crippen LogP contribution in [0.15, 0.2) is 24.3 Å². The fourth-order valence-corrected chi connectivity index (χ4v) is 2.97. The van der Waals surface area contributed by atoms with E-state index >= 15 is 0 Å². The normalized spacial score (nSPS) is 17.2. The molecule has 98 valence electrons. The van der Waals surface area contributed by atoms with Gasteiger partial charge in [-0.2, -0.15) is 0 Å². The molecule has 1 amide bonds. The van der Waals surface area contributed by atoms with Crippen LogP contribution in [0.1, 0.15) is 48.9 Å². The first-order valence-electron chi connectivity index (χ1n) is 6.71. The fourth-order valence-electron chi connectivity index (χ4n) is 2.61. The molecule has 1 aromatic carbocycles. The largest absolute Gasteiger partial charge is 0.339 e. The molecule has 0 bridgehead atoms. The maximum atomic E-state index is 12.4. The van der Waals surface area contributed by atoms with Crippen LogP contribution in [0.3, 0.4) is 0 Å². The number of carbonyl (C=O) groups is 1. The summed E-state index contributed by atoms with van der Waals surface area (Å²) in [6, 6.07) is 8.28. The monoisotopic (exact) mass is 357 g/mol. The molecule has 1 aromatic rings. The second kappa shape index (κ2) is 6.55. The molecule has 3 heteroatoms. The first-order valence-corrected chi connectivity index (χ1v) is 7.79. The van der Waals surface area contributed by atoms with E-state index in [9.17, 15) is 4.79 Å². The highest BCUT2D eigenvalue weighted by Gasteiger charge is 2.21. The van der Waals surface area contributed by atoms with Gasteiger partial charge in [0.1, 0.15) is 0 Å². The van der Waals surface area contributed by atoms with Gasteiger partial charge in [0.15, 0.2) is 0 Å². The fraction of sp³-hybridized carbons (Fsp3) is 0.533. The van der Waals surface area contributed by atoms with Crippen LogP contribution in [0.5, 0.6) is 0 Å². The quantitative estimate of drug-likeness (QED) is 0.577. The van der Waals surface area contributed by atoms with Crippen LogP contribution in [0.2, 0.25) is 0 Å². The summed E-state index contributed by atoms with van der Waals surface area (Å²) in [5, 5.41) is 0. The molecular formula is C15H20INO. The van der Waals surface area contributed by atoms with Crippen LogP contribution in [0.4, 0.5) is 0 Å². The van der Waals surface area contributed by atoms with Crippen LogP contribution in [0, 0.1) is 3.57 Å². The molecule has 2 rings (SSSR count). The second-order valence-corrected chi connectivity index (χ2v) is 6.31. The first-order chi connectivity index (χ1) is 8.68. The molecule has 0 spiro atoms. The van der Waals surface area contributed by atoms with Crippen molar-refractivity contribution in [3.63, 3.8) is 0 Å². The Hall–Kier alpha value is -0.580. The zero-order valence-corrected chi connectivity index (χ0v) is 13.0. The molecule has 0 aliphatic heterocycles. The van der Waals surface area contributed by atoms with Gasteiger partial charge in [0.05, 0.1) is 0 Å². The van der Waals surface area contributed by atoms with Gasteiger partial charge in [-0.05, 0) is 59.7 Å². The van der Waals surface area contributed by atoms with Crippen LogP contribution >= 0.6 is 22.6 Å². The van der Waals surface area contributed by atoms with E-state index in [1.165, 1.54) is 29.3 Å². The number of amides is 1. The van der Waals surface area contributed by atoms with Crippen LogP contribution in [-0.2, 0) is 0 Å². The lowest BCUT2D eigenvalue weighted by atomic mass is 10.1. The van der Waals surface area contributed by atoms with E-state index in [-0.39, 0.29) is 5.91 Å². The lowest BCUT2D eigenvalue weighted by molar-refractivity contribution is 0.0717. The summed E-state index contributed by atoms with van der Waals surface area (Å²) in [5.74, 6) is 0.165. The maximum Gasteiger partial charge on any atom is 0.253 e. The SMILES string of the molecule is CN(C(=O)c1ccc(I)cc1)C1CCCCCC1. The zero-order chi connectivity index (χ0) is 13.0. The van der Waals surface area contributed by atoms with Crippen LogP contribution in [0.25, 0.3) is 0 Å². The van der Waals surface area contributed by atoms with Gasteiger partial charge in [-0.1, -0.05) is 25.7 Å². The van der Waals surface area contributed by atoms with Gasteiger partial charge in [0.2, 0.25) is 0 Å². The molecule has 1 fully saturated rings. The Morgan fingerprint density at radius 2 is 1.67 bits per heavy atom. The number of halogens is 1. The third-order valence-corrected chi connectivity index (χ3v) is 4.50. The third kappa shape index (κ3) is 3.46. The number of hydrogen-bond donors (Lipinski definition) is 0. The van der Waals surface area contributed by atoms with Crippen LogP contribution in [-0.4, -0.2) is 23.9 Å². The van der Waals surface area contributed by atoms with Gasteiger partial charge in [-0.15, -0.1) is 0 Å². The van der Waals surface area contributed by atoms with Gasteiger partial charge < -0.3 is 4.90 Å². The van der Waals surface area contributed by atoms with E-state index in [0.717, 1.165) is 18.4 Å². The number of benzene rings is 1. The first kappa shape index (κ1) is 13.8. The minimum absolute atomic E-state index is 0.165. The van der Waals surface area contributed by atoms with Crippen molar-refractivity contribution in [3.05, 3.63) is 33.4 Å². The highest BCUT2D eigenvalue weighted by Crippen LogP contribution is 2.22. The molecule has 0 saturated heterocycles. The molecule has 0 atom stereocenters. The van der Waals surface area contributed by atoms with Gasteiger partial charge in [-0.25, -0.2) is 0 Å². The summed E-state index contributed by atoms with van der Waals surface area (Å²) in [6.07, 6.45) is 7.48. The van der Waals surface area contributed by atoms with Crippen molar-refractivity contribution in [2.75, 3.05) is 7.05 Å². The van der Waals surface area contributed by atoms with Crippen molar-refractivity contribution in [3.8, 4) is 0 Å². The highest BCUT2D eigenvalue weighted by molar-refractivity contribution is 14.1. The highest BCUT2D eigenvalue weighted by atomic mass is 127. The summed E-state index contributed by atoms with van der Waals surface area (Å²) in [7, 11) is 1.95. The Morgan fingerprint density at radius 3 is 2.22 bits per heavy atom. The molecule has 0 heterocycles. The average molecular weight is 357 g/mol. The Bertz CT molecular complexity index is 393. The minimum atomic E-state index is 0.165. The Kier molecular flexibility index (Phi) is 5.03. The van der Waals surface area contributed by atoms with Crippen molar-refractivity contribution in [1.82, 2.24) is 4.90 Å². The van der Waals surface area contributed by atoms with Crippen molar-refractivity contribution in [1.29, 1.82) is 0 Å². The van der Waals surface area contributed by atoms with Crippen molar-refractivity contribution in [2.24, 2.45) is 0 Å². The Balaban J connectivity index is 2.05. The maximum absolute atomic E-state index is 12.4. The molecule has 0 radical (unpaired) electrons. The lowest BCUT2D eigenvalue weighted by Gasteiger charge is -2.27. The second-order valence-electron chi connectivity index (χ2n) is 5.07. The molecule has 0 unspecified atom stereocenters. The smallest absolute Gasteiger partial charge is 0.253 e. The third-order valence-electron chi connectivity index (χ3n) is 3.78. The molecule has 1 aliphatic carbocycles. The van der Waals surface area contributed by atoms with Crippen molar-refractivity contribution >= 4 is 28.5 Å². The predicted molar refractivity (Wildman–Crippen MR) is 82.7 cm³/mol. The predicted octanol–water partition coefficient (Wildman–Crippen LogP) is 4.09. The Morgan fingerprint density at radius 1 is 1.11 bits per heavy atom. The standard InChI is InChI=1S/C15H20INO/c1-17(14-6-4-2-3-5-7-14)15(18)12-8-10-13(16)11-9-12/h8-11,14H,2-7H2,1H3. The van der Waals surface area contributed by atoms with Crippen molar-refractivity contribution < 1.29 is 4.79 Å². The average Bonchev–Trinajstić information content (AvgIpc) is 2.67. The Labute approximate surface area is 123 Å². The summed E-state index contributed by atoms with van der Waals surface area (Å²) in [5.41, 5.74) is 0.808. The van der Waals surface area contributed by atoms with Gasteiger partial charge >= 0.3 is 0 Å². The molecule has 0 aromatic heterocycles. The summed E-state index contributed by atoms with van der Waals surface area (Å²) in [4.78, 5) is 14.3. The number of hydrogen-bond acceptors (Lipinski definition) is 1. The van der Waals surface area contributed by atoms with Gasteiger partial charge in [0.25, 0.3) is 5.91 Å². The van der Waals surface area contributed by atoms with E-state index < -0.39 is 0 Å². The summed E-state index contributed by atoms with van der Waals surface area (Å²) >= 11 is 2.26. The van der Waals surface area contributed by atoms with Gasteiger partial charge in [0, 0.05) is 22.2 Å². The molecule has 0 N–H and O–H groups in total. The molecule has 1 saturated carbocycles. The van der Waals surface area contributed by atoms with E-state index in [4.69, 9.17) is 0 Å². The lowest BCUT2D eigenvalue weighted by Crippen LogP contribution is -2.36. The van der Waals surface area contributed by atoms with E-state index in [0.29, 0.717) is 6.04 Å². The molecule has 18 heavy (non-hydrogen) atoms. The summed E-state index contributed by atoms with van der Waals surface area (Å²) in [6.45, 7) is 0. The minimum Gasteiger partial charge on any atom is -0.339 e. The topological polar surface area (TPSA) is 20.3 Å². The van der Waals surface area contributed by atoms with Crippen LogP contribution < -0.4 is 0 Å². The molecule has 1 aliphatic rings. The molecule has 2 nitrogen and oxygen atoms in total. The zero-order valence-electron chi connectivity index (χ0n) is 10.9. The van der Waals surface area contributed by atoms with E-state index in [1.807, 2.05) is 36.2 Å². The van der Waals surface area contributed by atoms with E-state index in [1.54, 1.807) is 0 Å². The number of carbonyl (C=O) groups excluding carboxylic acids is 1. The number of nitrogens with zero attached hydrogens (tertiary/aromatic N) is 1.